The summed E-state index contributed by atoms with van der Waals surface area (Å²) in [6, 6.07) is 8.25. The number of hydrogen-bond acceptors (Lipinski definition) is 5. The van der Waals surface area contributed by atoms with Gasteiger partial charge in [-0.05, 0) is 49.9 Å². The SMILES string of the molecule is CN=C(NCCCCCc1nc(-c2ccc(OC)cc2)no1)NC1CCCC1. The van der Waals surface area contributed by atoms with Crippen LogP contribution in [0.3, 0.4) is 0 Å². The van der Waals surface area contributed by atoms with E-state index in [0.29, 0.717) is 17.8 Å². The third-order valence-corrected chi connectivity index (χ3v) is 5.10. The van der Waals surface area contributed by atoms with Crippen LogP contribution in [0.1, 0.15) is 50.8 Å². The average molecular weight is 386 g/mol. The molecule has 0 radical (unpaired) electrons. The number of hydrogen-bond donors (Lipinski definition) is 2. The molecule has 152 valence electrons. The molecule has 0 saturated heterocycles. The quantitative estimate of drug-likeness (QED) is 0.390. The van der Waals surface area contributed by atoms with E-state index < -0.39 is 0 Å². The zero-order valence-electron chi connectivity index (χ0n) is 16.9. The highest BCUT2D eigenvalue weighted by Crippen LogP contribution is 2.20. The summed E-state index contributed by atoms with van der Waals surface area (Å²) < 4.78 is 10.5. The summed E-state index contributed by atoms with van der Waals surface area (Å²) in [7, 11) is 3.49. The molecular weight excluding hydrogens is 354 g/mol. The summed E-state index contributed by atoms with van der Waals surface area (Å²) in [5.74, 6) is 3.06. The summed E-state index contributed by atoms with van der Waals surface area (Å²) in [6.07, 6.45) is 9.18. The lowest BCUT2D eigenvalue weighted by molar-refractivity contribution is 0.374. The molecule has 7 nitrogen and oxygen atoms in total. The van der Waals surface area contributed by atoms with Gasteiger partial charge in [0.1, 0.15) is 5.75 Å². The highest BCUT2D eigenvalue weighted by molar-refractivity contribution is 5.79. The number of unbranched alkanes of at least 4 members (excludes halogenated alkanes) is 2. The number of aromatic nitrogens is 2. The number of benzene rings is 1. The van der Waals surface area contributed by atoms with Gasteiger partial charge in [0.15, 0.2) is 5.96 Å². The van der Waals surface area contributed by atoms with Crippen molar-refractivity contribution in [2.75, 3.05) is 20.7 Å². The van der Waals surface area contributed by atoms with Gasteiger partial charge >= 0.3 is 0 Å². The Labute approximate surface area is 167 Å². The van der Waals surface area contributed by atoms with Gasteiger partial charge in [-0.25, -0.2) is 0 Å². The highest BCUT2D eigenvalue weighted by atomic mass is 16.5. The van der Waals surface area contributed by atoms with Crippen molar-refractivity contribution < 1.29 is 9.26 Å². The van der Waals surface area contributed by atoms with Gasteiger partial charge in [0.25, 0.3) is 0 Å². The molecule has 0 unspecified atom stereocenters. The second kappa shape index (κ2) is 10.7. The van der Waals surface area contributed by atoms with Crippen molar-refractivity contribution >= 4 is 5.96 Å². The van der Waals surface area contributed by atoms with E-state index >= 15 is 0 Å². The molecule has 2 aromatic rings. The Morgan fingerprint density at radius 3 is 2.68 bits per heavy atom. The molecule has 1 fully saturated rings. The van der Waals surface area contributed by atoms with E-state index in [9.17, 15) is 0 Å². The fraction of sp³-hybridized carbons (Fsp3) is 0.571. The van der Waals surface area contributed by atoms with Crippen molar-refractivity contribution in [1.29, 1.82) is 0 Å². The first kappa shape index (κ1) is 20.2. The molecule has 1 heterocycles. The molecule has 28 heavy (non-hydrogen) atoms. The summed E-state index contributed by atoms with van der Waals surface area (Å²) in [4.78, 5) is 8.80. The van der Waals surface area contributed by atoms with Crippen LogP contribution >= 0.6 is 0 Å². The largest absolute Gasteiger partial charge is 0.497 e. The predicted octanol–water partition coefficient (Wildman–Crippen LogP) is 3.57. The third-order valence-electron chi connectivity index (χ3n) is 5.10. The summed E-state index contributed by atoms with van der Waals surface area (Å²) in [5, 5.41) is 11.0. The summed E-state index contributed by atoms with van der Waals surface area (Å²) in [5.41, 5.74) is 0.932. The van der Waals surface area contributed by atoms with Crippen molar-refractivity contribution in [2.45, 2.75) is 57.4 Å². The van der Waals surface area contributed by atoms with Crippen LogP contribution < -0.4 is 15.4 Å². The Balaban J connectivity index is 1.32. The van der Waals surface area contributed by atoms with E-state index in [2.05, 4.69) is 25.8 Å². The standard InChI is InChI=1S/C21H31N5O2/c1-22-21(24-17-8-5-6-9-17)23-15-7-3-4-10-19-25-20(26-28-19)16-11-13-18(27-2)14-12-16/h11-14,17H,3-10,15H2,1-2H3,(H2,22,23,24). The Hall–Kier alpha value is -2.57. The number of ether oxygens (including phenoxy) is 1. The maximum Gasteiger partial charge on any atom is 0.226 e. The van der Waals surface area contributed by atoms with Gasteiger partial charge in [-0.3, -0.25) is 4.99 Å². The smallest absolute Gasteiger partial charge is 0.226 e. The van der Waals surface area contributed by atoms with Crippen molar-refractivity contribution in [3.8, 4) is 17.1 Å². The second-order valence-corrected chi connectivity index (χ2v) is 7.18. The molecule has 0 aliphatic heterocycles. The molecule has 1 saturated carbocycles. The van der Waals surface area contributed by atoms with Crippen molar-refractivity contribution in [3.05, 3.63) is 30.2 Å². The molecule has 1 aromatic carbocycles. The first-order valence-electron chi connectivity index (χ1n) is 10.2. The van der Waals surface area contributed by atoms with Gasteiger partial charge in [-0.2, -0.15) is 4.98 Å². The maximum atomic E-state index is 5.38. The first-order chi connectivity index (χ1) is 13.8. The molecule has 0 spiro atoms. The lowest BCUT2D eigenvalue weighted by Gasteiger charge is -2.16. The van der Waals surface area contributed by atoms with Crippen molar-refractivity contribution in [2.24, 2.45) is 4.99 Å². The van der Waals surface area contributed by atoms with Gasteiger partial charge in [0, 0.05) is 31.6 Å². The van der Waals surface area contributed by atoms with Crippen molar-refractivity contribution in [3.63, 3.8) is 0 Å². The molecule has 0 atom stereocenters. The van der Waals surface area contributed by atoms with E-state index in [1.54, 1.807) is 7.11 Å². The Morgan fingerprint density at radius 1 is 1.18 bits per heavy atom. The normalized spacial score (nSPS) is 15.0. The van der Waals surface area contributed by atoms with E-state index in [4.69, 9.17) is 9.26 Å². The Morgan fingerprint density at radius 2 is 1.96 bits per heavy atom. The summed E-state index contributed by atoms with van der Waals surface area (Å²) >= 11 is 0. The second-order valence-electron chi connectivity index (χ2n) is 7.18. The number of nitrogens with zero attached hydrogens (tertiary/aromatic N) is 3. The summed E-state index contributed by atoms with van der Waals surface area (Å²) in [6.45, 7) is 0.924. The number of methoxy groups -OCH3 is 1. The van der Waals surface area contributed by atoms with Crippen LogP contribution in [0, 0.1) is 0 Å². The molecule has 3 rings (SSSR count). The topological polar surface area (TPSA) is 84.6 Å². The van der Waals surface area contributed by atoms with Crippen LogP contribution in [-0.4, -0.2) is 42.8 Å². The minimum absolute atomic E-state index is 0.587. The van der Waals surface area contributed by atoms with E-state index in [1.807, 2.05) is 31.3 Å². The van der Waals surface area contributed by atoms with Gasteiger partial charge < -0.3 is 19.9 Å². The van der Waals surface area contributed by atoms with E-state index in [1.165, 1.54) is 25.7 Å². The monoisotopic (exact) mass is 385 g/mol. The average Bonchev–Trinajstić information content (AvgIpc) is 3.42. The molecule has 0 amide bonds. The van der Waals surface area contributed by atoms with Crippen LogP contribution in [0.2, 0.25) is 0 Å². The fourth-order valence-electron chi connectivity index (χ4n) is 3.46. The minimum Gasteiger partial charge on any atom is -0.497 e. The molecule has 1 aromatic heterocycles. The molecular formula is C21H31N5O2. The molecule has 1 aliphatic carbocycles. The number of aryl methyl sites for hydroxylation is 1. The third kappa shape index (κ3) is 5.97. The predicted molar refractivity (Wildman–Crippen MR) is 111 cm³/mol. The van der Waals surface area contributed by atoms with Crippen LogP contribution in [0.5, 0.6) is 5.75 Å². The van der Waals surface area contributed by atoms with Crippen LogP contribution in [-0.2, 0) is 6.42 Å². The lowest BCUT2D eigenvalue weighted by Crippen LogP contribution is -2.42. The van der Waals surface area contributed by atoms with E-state index in [-0.39, 0.29) is 0 Å². The minimum atomic E-state index is 0.587. The maximum absolute atomic E-state index is 5.38. The van der Waals surface area contributed by atoms with Gasteiger partial charge in [0.05, 0.1) is 7.11 Å². The molecule has 0 bridgehead atoms. The van der Waals surface area contributed by atoms with Crippen LogP contribution in [0.25, 0.3) is 11.4 Å². The van der Waals surface area contributed by atoms with Gasteiger partial charge in [-0.1, -0.05) is 24.4 Å². The highest BCUT2D eigenvalue weighted by Gasteiger charge is 2.15. The zero-order chi connectivity index (χ0) is 19.6. The molecule has 7 heteroatoms. The number of nitrogens with one attached hydrogen (secondary N) is 2. The van der Waals surface area contributed by atoms with Crippen LogP contribution in [0.15, 0.2) is 33.8 Å². The van der Waals surface area contributed by atoms with Gasteiger partial charge in [-0.15, -0.1) is 0 Å². The Bertz CT molecular complexity index is 736. The van der Waals surface area contributed by atoms with Crippen molar-refractivity contribution in [1.82, 2.24) is 20.8 Å². The number of rotatable bonds is 9. The van der Waals surface area contributed by atoms with Crippen LogP contribution in [0.4, 0.5) is 0 Å². The number of aliphatic imine (C=N–C) groups is 1. The van der Waals surface area contributed by atoms with E-state index in [0.717, 1.165) is 49.5 Å². The molecule has 1 aliphatic rings. The van der Waals surface area contributed by atoms with Gasteiger partial charge in [0.2, 0.25) is 11.7 Å². The molecule has 2 N–H and O–H groups in total. The first-order valence-corrected chi connectivity index (χ1v) is 10.2. The zero-order valence-corrected chi connectivity index (χ0v) is 16.9. The number of guanidine groups is 1. The lowest BCUT2D eigenvalue weighted by atomic mass is 10.2. The Kier molecular flexibility index (Phi) is 7.70. The fourth-order valence-corrected chi connectivity index (χ4v) is 3.46.